The van der Waals surface area contributed by atoms with Crippen LogP contribution in [-0.2, 0) is 12.2 Å². The minimum Gasteiger partial charge on any atom is -0.338 e. The van der Waals surface area contributed by atoms with E-state index in [1.807, 2.05) is 22.9 Å². The van der Waals surface area contributed by atoms with Crippen LogP contribution in [0.2, 0.25) is 0 Å². The average Bonchev–Trinajstić information content (AvgIpc) is 3.21. The van der Waals surface area contributed by atoms with Crippen LogP contribution in [0.1, 0.15) is 49.6 Å². The molecule has 0 atom stereocenters. The maximum absolute atomic E-state index is 5.28. The summed E-state index contributed by atoms with van der Waals surface area (Å²) in [5, 5.41) is 9.42. The van der Waals surface area contributed by atoms with Crippen molar-refractivity contribution in [3.8, 4) is 5.69 Å². The molecule has 0 amide bonds. The lowest BCUT2D eigenvalue weighted by atomic mass is 10.3. The zero-order valence-corrected chi connectivity index (χ0v) is 14.4. The first-order valence-corrected chi connectivity index (χ1v) is 9.28. The summed E-state index contributed by atoms with van der Waals surface area (Å²) in [5.74, 6) is 3.59. The lowest BCUT2D eigenvalue weighted by Crippen LogP contribution is -2.01. The van der Waals surface area contributed by atoms with Crippen LogP contribution in [0.5, 0.6) is 0 Å². The van der Waals surface area contributed by atoms with Gasteiger partial charge in [-0.1, -0.05) is 42.0 Å². The van der Waals surface area contributed by atoms with Crippen molar-refractivity contribution >= 4 is 11.8 Å². The Balaban J connectivity index is 1.51. The summed E-state index contributed by atoms with van der Waals surface area (Å²) in [4.78, 5) is 9.12. The van der Waals surface area contributed by atoms with Gasteiger partial charge in [0.15, 0.2) is 5.82 Å². The quantitative estimate of drug-likeness (QED) is 0.609. The summed E-state index contributed by atoms with van der Waals surface area (Å²) in [7, 11) is 0. The van der Waals surface area contributed by atoms with Gasteiger partial charge in [-0.2, -0.15) is 4.98 Å². The first-order chi connectivity index (χ1) is 11.8. The molecule has 1 aliphatic carbocycles. The molecule has 0 bridgehead atoms. The van der Waals surface area contributed by atoms with Crippen molar-refractivity contribution < 1.29 is 4.52 Å². The van der Waals surface area contributed by atoms with Crippen LogP contribution in [-0.4, -0.2) is 24.9 Å². The van der Waals surface area contributed by atoms with Crippen LogP contribution in [0.4, 0.5) is 0 Å². The summed E-state index contributed by atoms with van der Waals surface area (Å²) >= 11 is 1.54. The highest BCUT2D eigenvalue weighted by Crippen LogP contribution is 2.40. The number of rotatable bonds is 7. The largest absolute Gasteiger partial charge is 0.338 e. The maximum Gasteiger partial charge on any atom is 0.237 e. The van der Waals surface area contributed by atoms with E-state index in [4.69, 9.17) is 9.51 Å². The number of benzene rings is 1. The predicted octanol–water partition coefficient (Wildman–Crippen LogP) is 3.77. The van der Waals surface area contributed by atoms with Crippen LogP contribution in [0.25, 0.3) is 5.69 Å². The van der Waals surface area contributed by atoms with Crippen molar-refractivity contribution in [3.05, 3.63) is 47.9 Å². The molecule has 3 aromatic rings. The van der Waals surface area contributed by atoms with Crippen molar-refractivity contribution in [1.29, 1.82) is 0 Å². The first kappa shape index (κ1) is 15.4. The van der Waals surface area contributed by atoms with E-state index >= 15 is 0 Å². The molecule has 2 aromatic heterocycles. The van der Waals surface area contributed by atoms with Gasteiger partial charge in [0.25, 0.3) is 0 Å². The van der Waals surface area contributed by atoms with Gasteiger partial charge in [-0.15, -0.1) is 5.10 Å². The van der Waals surface area contributed by atoms with Gasteiger partial charge in [0.05, 0.1) is 11.4 Å². The van der Waals surface area contributed by atoms with E-state index in [1.54, 1.807) is 11.8 Å². The van der Waals surface area contributed by atoms with E-state index in [9.17, 15) is 0 Å². The zero-order chi connectivity index (χ0) is 16.4. The molecule has 0 N–H and O–H groups in total. The van der Waals surface area contributed by atoms with Gasteiger partial charge >= 0.3 is 0 Å². The molecule has 0 aliphatic heterocycles. The number of para-hydroxylation sites is 1. The number of aromatic nitrogens is 5. The van der Waals surface area contributed by atoms with Crippen molar-refractivity contribution in [2.24, 2.45) is 0 Å². The number of thioether (sulfide) groups is 1. The van der Waals surface area contributed by atoms with Gasteiger partial charge in [0.1, 0.15) is 5.82 Å². The SMILES string of the molecule is CCCc1noc(CSc2nc(C3CC3)n(-c3ccccc3)n2)n1. The van der Waals surface area contributed by atoms with Gasteiger partial charge in [0.2, 0.25) is 11.0 Å². The van der Waals surface area contributed by atoms with Crippen molar-refractivity contribution in [2.75, 3.05) is 0 Å². The van der Waals surface area contributed by atoms with Crippen molar-refractivity contribution in [1.82, 2.24) is 24.9 Å². The highest BCUT2D eigenvalue weighted by atomic mass is 32.2. The Morgan fingerprint density at radius 2 is 2.04 bits per heavy atom. The van der Waals surface area contributed by atoms with E-state index in [1.165, 1.54) is 12.8 Å². The molecule has 6 nitrogen and oxygen atoms in total. The first-order valence-electron chi connectivity index (χ1n) is 8.30. The van der Waals surface area contributed by atoms with Crippen LogP contribution >= 0.6 is 11.8 Å². The molecule has 1 aliphatic rings. The molecule has 0 saturated heterocycles. The molecular weight excluding hydrogens is 322 g/mol. The molecule has 0 spiro atoms. The minimum absolute atomic E-state index is 0.534. The Morgan fingerprint density at radius 1 is 1.21 bits per heavy atom. The molecule has 0 radical (unpaired) electrons. The van der Waals surface area contributed by atoms with Gasteiger partial charge in [-0.25, -0.2) is 9.67 Å². The maximum atomic E-state index is 5.28. The van der Waals surface area contributed by atoms with Crippen molar-refractivity contribution in [3.63, 3.8) is 0 Å². The number of aryl methyl sites for hydroxylation is 1. The van der Waals surface area contributed by atoms with Crippen LogP contribution in [0.15, 0.2) is 40.0 Å². The van der Waals surface area contributed by atoms with Gasteiger partial charge in [-0.3, -0.25) is 0 Å². The fourth-order valence-electron chi connectivity index (χ4n) is 2.53. The fraction of sp³-hybridized carbons (Fsp3) is 0.412. The fourth-order valence-corrected chi connectivity index (χ4v) is 3.20. The highest BCUT2D eigenvalue weighted by molar-refractivity contribution is 7.98. The van der Waals surface area contributed by atoms with E-state index < -0.39 is 0 Å². The minimum atomic E-state index is 0.534. The Labute approximate surface area is 144 Å². The molecule has 1 saturated carbocycles. The topological polar surface area (TPSA) is 69.6 Å². The van der Waals surface area contributed by atoms with Gasteiger partial charge in [0, 0.05) is 12.3 Å². The van der Waals surface area contributed by atoms with Crippen LogP contribution in [0, 0.1) is 0 Å². The molecule has 4 rings (SSSR count). The Hall–Kier alpha value is -2.15. The van der Waals surface area contributed by atoms with E-state index in [2.05, 4.69) is 34.3 Å². The number of hydrogen-bond acceptors (Lipinski definition) is 6. The second-order valence-corrected chi connectivity index (χ2v) is 6.86. The Bertz CT molecular complexity index is 810. The summed E-state index contributed by atoms with van der Waals surface area (Å²) < 4.78 is 7.24. The molecule has 1 fully saturated rings. The highest BCUT2D eigenvalue weighted by Gasteiger charge is 2.30. The Morgan fingerprint density at radius 3 is 2.79 bits per heavy atom. The lowest BCUT2D eigenvalue weighted by molar-refractivity contribution is 0.384. The summed E-state index contributed by atoms with van der Waals surface area (Å²) in [6, 6.07) is 10.2. The third-order valence-electron chi connectivity index (χ3n) is 3.86. The van der Waals surface area contributed by atoms with Gasteiger partial charge < -0.3 is 4.52 Å². The molecule has 2 heterocycles. The average molecular weight is 341 g/mol. The molecule has 124 valence electrons. The summed E-state index contributed by atoms with van der Waals surface area (Å²) in [6.07, 6.45) is 4.25. The van der Waals surface area contributed by atoms with Crippen molar-refractivity contribution in [2.45, 2.75) is 49.4 Å². The van der Waals surface area contributed by atoms with Gasteiger partial charge in [-0.05, 0) is 31.4 Å². The third kappa shape index (κ3) is 3.36. The predicted molar refractivity (Wildman–Crippen MR) is 91.2 cm³/mol. The lowest BCUT2D eigenvalue weighted by Gasteiger charge is -2.03. The number of nitrogens with zero attached hydrogens (tertiary/aromatic N) is 5. The number of hydrogen-bond donors (Lipinski definition) is 0. The third-order valence-corrected chi connectivity index (χ3v) is 4.69. The van der Waals surface area contributed by atoms with E-state index in [-0.39, 0.29) is 0 Å². The molecule has 0 unspecified atom stereocenters. The second kappa shape index (κ2) is 6.76. The molecule has 24 heavy (non-hydrogen) atoms. The summed E-state index contributed by atoms with van der Waals surface area (Å²) in [5.41, 5.74) is 1.06. The molecule has 7 heteroatoms. The monoisotopic (exact) mass is 341 g/mol. The standard InChI is InChI=1S/C17H19N5OS/c1-2-6-14-18-15(23-21-14)11-24-17-19-16(12-9-10-12)22(20-17)13-7-4-3-5-8-13/h3-5,7-8,12H,2,6,9-11H2,1H3. The molecular formula is C17H19N5OS. The normalized spacial score (nSPS) is 14.2. The van der Waals surface area contributed by atoms with Crippen LogP contribution in [0.3, 0.4) is 0 Å². The van der Waals surface area contributed by atoms with E-state index in [0.29, 0.717) is 17.6 Å². The van der Waals surface area contributed by atoms with E-state index in [0.717, 1.165) is 35.3 Å². The smallest absolute Gasteiger partial charge is 0.237 e. The molecule has 1 aromatic carbocycles. The second-order valence-electron chi connectivity index (χ2n) is 5.92. The van der Waals surface area contributed by atoms with Crippen LogP contribution < -0.4 is 0 Å². The Kier molecular flexibility index (Phi) is 4.34. The zero-order valence-electron chi connectivity index (χ0n) is 13.6. The summed E-state index contributed by atoms with van der Waals surface area (Å²) in [6.45, 7) is 2.10.